The highest BCUT2D eigenvalue weighted by Crippen LogP contribution is 2.24. The smallest absolute Gasteiger partial charge is 0.246 e. The maximum atomic E-state index is 12.8. The second-order valence-electron chi connectivity index (χ2n) is 6.11. The largest absolute Gasteiger partial charge is 0.328 e. The number of hydrogen-bond acceptors (Lipinski definition) is 4. The van der Waals surface area contributed by atoms with Crippen LogP contribution in [0.3, 0.4) is 0 Å². The van der Waals surface area contributed by atoms with Crippen molar-refractivity contribution in [3.63, 3.8) is 0 Å². The molecule has 0 aliphatic carbocycles. The highest BCUT2D eigenvalue weighted by atomic mass is 32.2. The summed E-state index contributed by atoms with van der Waals surface area (Å²) in [5.74, 6) is 0. The van der Waals surface area contributed by atoms with Gasteiger partial charge in [0.25, 0.3) is 0 Å². The third kappa shape index (κ3) is 3.46. The lowest BCUT2D eigenvalue weighted by atomic mass is 10.0. The summed E-state index contributed by atoms with van der Waals surface area (Å²) >= 11 is 0. The zero-order valence-electron chi connectivity index (χ0n) is 13.2. The van der Waals surface area contributed by atoms with Crippen LogP contribution in [0.1, 0.15) is 25.3 Å². The summed E-state index contributed by atoms with van der Waals surface area (Å²) in [5, 5.41) is 4.20. The van der Waals surface area contributed by atoms with Crippen molar-refractivity contribution in [1.82, 2.24) is 14.1 Å². The van der Waals surface area contributed by atoms with Gasteiger partial charge in [-0.25, -0.2) is 8.42 Å². The number of nitrogens with zero attached hydrogens (tertiary/aromatic N) is 3. The fourth-order valence-electron chi connectivity index (χ4n) is 3.01. The summed E-state index contributed by atoms with van der Waals surface area (Å²) in [6.07, 6.45) is 4.42. The van der Waals surface area contributed by atoms with Gasteiger partial charge in [0.2, 0.25) is 10.0 Å². The van der Waals surface area contributed by atoms with Gasteiger partial charge in [0.1, 0.15) is 4.90 Å². The van der Waals surface area contributed by atoms with Crippen molar-refractivity contribution in [3.8, 4) is 0 Å². The van der Waals surface area contributed by atoms with E-state index in [2.05, 4.69) is 5.10 Å². The number of hydrogen-bond donors (Lipinski definition) is 1. The summed E-state index contributed by atoms with van der Waals surface area (Å²) in [6, 6.07) is 9.84. The monoisotopic (exact) mass is 334 g/mol. The zero-order valence-corrected chi connectivity index (χ0v) is 14.0. The Morgan fingerprint density at radius 3 is 2.74 bits per heavy atom. The van der Waals surface area contributed by atoms with Crippen LogP contribution in [0.25, 0.3) is 0 Å². The molecule has 0 amide bonds. The molecule has 1 aliphatic rings. The van der Waals surface area contributed by atoms with E-state index in [0.717, 1.165) is 5.56 Å². The lowest BCUT2D eigenvalue weighted by Gasteiger charge is -2.34. The van der Waals surface area contributed by atoms with Gasteiger partial charge in [-0.3, -0.25) is 4.68 Å². The first kappa shape index (κ1) is 16.2. The number of sulfonamides is 1. The number of benzene rings is 1. The molecule has 2 aromatic rings. The maximum Gasteiger partial charge on any atom is 0.246 e. The van der Waals surface area contributed by atoms with Crippen molar-refractivity contribution in [2.75, 3.05) is 6.54 Å². The molecular formula is C16H22N4O2S. The number of nitrogens with two attached hydrogens (primary N) is 1. The summed E-state index contributed by atoms with van der Waals surface area (Å²) in [7, 11) is -3.51. The molecule has 0 radical (unpaired) electrons. The van der Waals surface area contributed by atoms with E-state index >= 15 is 0 Å². The molecule has 3 rings (SSSR count). The predicted octanol–water partition coefficient (Wildman–Crippen LogP) is 1.43. The van der Waals surface area contributed by atoms with Gasteiger partial charge in [0.15, 0.2) is 0 Å². The van der Waals surface area contributed by atoms with Gasteiger partial charge in [0.05, 0.1) is 12.7 Å². The van der Waals surface area contributed by atoms with Gasteiger partial charge < -0.3 is 5.73 Å². The van der Waals surface area contributed by atoms with Crippen molar-refractivity contribution < 1.29 is 8.42 Å². The average Bonchev–Trinajstić information content (AvgIpc) is 2.97. The maximum absolute atomic E-state index is 12.8. The molecule has 1 saturated heterocycles. The van der Waals surface area contributed by atoms with E-state index in [-0.39, 0.29) is 17.0 Å². The molecule has 23 heavy (non-hydrogen) atoms. The molecule has 1 aliphatic heterocycles. The summed E-state index contributed by atoms with van der Waals surface area (Å²) < 4.78 is 28.8. The first-order valence-corrected chi connectivity index (χ1v) is 9.24. The van der Waals surface area contributed by atoms with E-state index in [1.165, 1.54) is 6.20 Å². The van der Waals surface area contributed by atoms with Crippen LogP contribution in [-0.4, -0.2) is 41.1 Å². The van der Waals surface area contributed by atoms with Crippen molar-refractivity contribution in [1.29, 1.82) is 0 Å². The normalized spacial score (nSPS) is 23.0. The number of piperidine rings is 1. The Balaban J connectivity index is 1.79. The van der Waals surface area contributed by atoms with Gasteiger partial charge in [-0.2, -0.15) is 9.40 Å². The molecular weight excluding hydrogens is 312 g/mol. The molecule has 124 valence electrons. The standard InChI is InChI=1S/C16H22N4O2S/c1-13-9-15(17)7-8-20(13)23(21,22)16-10-18-19(12-16)11-14-5-3-2-4-6-14/h2-6,10,12-13,15H,7-9,11,17H2,1H3/t13-,15-/m0/s1. The SMILES string of the molecule is C[C@H]1C[C@@H](N)CCN1S(=O)(=O)c1cnn(Cc2ccccc2)c1. The van der Waals surface area contributed by atoms with Crippen LogP contribution in [-0.2, 0) is 16.6 Å². The van der Waals surface area contributed by atoms with E-state index in [4.69, 9.17) is 5.73 Å². The molecule has 6 nitrogen and oxygen atoms in total. The van der Waals surface area contributed by atoms with Crippen LogP contribution in [0.5, 0.6) is 0 Å². The third-order valence-electron chi connectivity index (χ3n) is 4.26. The molecule has 0 spiro atoms. The third-order valence-corrected chi connectivity index (χ3v) is 6.23. The molecule has 0 bridgehead atoms. The highest BCUT2D eigenvalue weighted by Gasteiger charge is 2.34. The van der Waals surface area contributed by atoms with E-state index in [9.17, 15) is 8.42 Å². The second-order valence-corrected chi connectivity index (χ2v) is 8.00. The number of aromatic nitrogens is 2. The Hall–Kier alpha value is -1.70. The summed E-state index contributed by atoms with van der Waals surface area (Å²) in [4.78, 5) is 0.246. The first-order valence-electron chi connectivity index (χ1n) is 7.80. The van der Waals surface area contributed by atoms with Crippen LogP contribution in [0.2, 0.25) is 0 Å². The highest BCUT2D eigenvalue weighted by molar-refractivity contribution is 7.89. The fraction of sp³-hybridized carbons (Fsp3) is 0.438. The van der Waals surface area contributed by atoms with Crippen LogP contribution >= 0.6 is 0 Å². The average molecular weight is 334 g/mol. The van der Waals surface area contributed by atoms with Crippen LogP contribution in [0.4, 0.5) is 0 Å². The van der Waals surface area contributed by atoms with Crippen LogP contribution in [0, 0.1) is 0 Å². The Kier molecular flexibility index (Phi) is 4.52. The minimum Gasteiger partial charge on any atom is -0.328 e. The van der Waals surface area contributed by atoms with E-state index in [0.29, 0.717) is 25.9 Å². The topological polar surface area (TPSA) is 81.2 Å². The Morgan fingerprint density at radius 2 is 2.04 bits per heavy atom. The molecule has 1 aromatic heterocycles. The molecule has 2 N–H and O–H groups in total. The Labute approximate surface area is 137 Å². The minimum atomic E-state index is -3.51. The zero-order chi connectivity index (χ0) is 16.4. The van der Waals surface area contributed by atoms with Gasteiger partial charge in [-0.15, -0.1) is 0 Å². The lowest BCUT2D eigenvalue weighted by Crippen LogP contribution is -2.48. The van der Waals surface area contributed by atoms with Gasteiger partial charge in [0, 0.05) is 24.8 Å². The molecule has 0 unspecified atom stereocenters. The molecule has 0 saturated carbocycles. The van der Waals surface area contributed by atoms with E-state index in [1.54, 1.807) is 15.2 Å². The van der Waals surface area contributed by atoms with Crippen LogP contribution in [0.15, 0.2) is 47.6 Å². The fourth-order valence-corrected chi connectivity index (χ4v) is 4.63. The summed E-state index contributed by atoms with van der Waals surface area (Å²) in [5.41, 5.74) is 7.00. The number of rotatable bonds is 4. The van der Waals surface area contributed by atoms with Crippen molar-refractivity contribution >= 4 is 10.0 Å². The molecule has 2 atom stereocenters. The van der Waals surface area contributed by atoms with Crippen molar-refractivity contribution in [3.05, 3.63) is 48.3 Å². The second kappa shape index (κ2) is 6.43. The molecule has 2 heterocycles. The van der Waals surface area contributed by atoms with Gasteiger partial charge in [-0.1, -0.05) is 30.3 Å². The quantitative estimate of drug-likeness (QED) is 0.917. The van der Waals surface area contributed by atoms with Gasteiger partial charge >= 0.3 is 0 Å². The van der Waals surface area contributed by atoms with E-state index in [1.807, 2.05) is 37.3 Å². The summed E-state index contributed by atoms with van der Waals surface area (Å²) in [6.45, 7) is 2.93. The van der Waals surface area contributed by atoms with Crippen molar-refractivity contribution in [2.24, 2.45) is 5.73 Å². The van der Waals surface area contributed by atoms with Crippen LogP contribution < -0.4 is 5.73 Å². The minimum absolute atomic E-state index is 0.0808. The van der Waals surface area contributed by atoms with Gasteiger partial charge in [-0.05, 0) is 25.3 Å². The predicted molar refractivity (Wildman–Crippen MR) is 88.3 cm³/mol. The Morgan fingerprint density at radius 1 is 1.30 bits per heavy atom. The molecule has 7 heteroatoms. The Bertz CT molecular complexity index is 757. The van der Waals surface area contributed by atoms with Crippen molar-refractivity contribution in [2.45, 2.75) is 43.3 Å². The molecule has 1 fully saturated rings. The first-order chi connectivity index (χ1) is 11.0. The van der Waals surface area contributed by atoms with E-state index < -0.39 is 10.0 Å². The lowest BCUT2D eigenvalue weighted by molar-refractivity contribution is 0.247. The molecule has 1 aromatic carbocycles.